The van der Waals surface area contributed by atoms with E-state index in [9.17, 15) is 13.5 Å². The highest BCUT2D eigenvalue weighted by Crippen LogP contribution is 2.37. The number of sulfonamides is 1. The number of nitrogens with zero attached hydrogens (tertiary/aromatic N) is 1. The van der Waals surface area contributed by atoms with Gasteiger partial charge in [-0.25, -0.2) is 13.6 Å². The van der Waals surface area contributed by atoms with Crippen LogP contribution >= 0.6 is 0 Å². The lowest BCUT2D eigenvalue weighted by atomic mass is 9.83. The Kier molecular flexibility index (Phi) is 3.37. The Labute approximate surface area is 118 Å². The van der Waals surface area contributed by atoms with Gasteiger partial charge in [0.15, 0.2) is 5.75 Å². The van der Waals surface area contributed by atoms with Gasteiger partial charge in [0.05, 0.1) is 11.2 Å². The lowest BCUT2D eigenvalue weighted by Gasteiger charge is -2.32. The summed E-state index contributed by atoms with van der Waals surface area (Å²) in [6, 6.07) is 1.12. The molecule has 0 aromatic carbocycles. The molecule has 9 heteroatoms. The first-order valence-corrected chi connectivity index (χ1v) is 7.57. The van der Waals surface area contributed by atoms with E-state index >= 15 is 0 Å². The molecular formula is C11H17BN2O5S. The average Bonchev–Trinajstić information content (AvgIpc) is 2.46. The zero-order chi connectivity index (χ0) is 15.3. The summed E-state index contributed by atoms with van der Waals surface area (Å²) in [4.78, 5) is 3.54. The monoisotopic (exact) mass is 300 g/mol. The summed E-state index contributed by atoms with van der Waals surface area (Å²) in [5.41, 5.74) is -1.25. The van der Waals surface area contributed by atoms with E-state index in [1.165, 1.54) is 6.20 Å². The second-order valence-corrected chi connectivity index (χ2v) is 7.21. The summed E-state index contributed by atoms with van der Waals surface area (Å²) in [6.45, 7) is 7.36. The fourth-order valence-electron chi connectivity index (χ4n) is 1.81. The molecule has 2 heterocycles. The maximum absolute atomic E-state index is 11.4. The molecule has 2 rings (SSSR count). The number of hydrogen-bond donors (Lipinski definition) is 2. The van der Waals surface area contributed by atoms with Crippen molar-refractivity contribution in [2.75, 3.05) is 0 Å². The van der Waals surface area contributed by atoms with Crippen molar-refractivity contribution in [2.45, 2.75) is 43.8 Å². The molecule has 20 heavy (non-hydrogen) atoms. The van der Waals surface area contributed by atoms with Crippen LogP contribution in [0.25, 0.3) is 0 Å². The Balaban J connectivity index is 2.47. The van der Waals surface area contributed by atoms with Crippen molar-refractivity contribution in [1.82, 2.24) is 4.98 Å². The summed E-state index contributed by atoms with van der Waals surface area (Å²) >= 11 is 0. The van der Waals surface area contributed by atoms with Crippen LogP contribution in [0.5, 0.6) is 5.75 Å². The Morgan fingerprint density at radius 3 is 2.20 bits per heavy atom. The van der Waals surface area contributed by atoms with Gasteiger partial charge in [-0.05, 0) is 33.8 Å². The Morgan fingerprint density at radius 2 is 1.75 bits per heavy atom. The highest BCUT2D eigenvalue weighted by Gasteiger charge is 2.53. The highest BCUT2D eigenvalue weighted by atomic mass is 32.2. The molecular weight excluding hydrogens is 283 g/mol. The van der Waals surface area contributed by atoms with Gasteiger partial charge >= 0.3 is 7.12 Å². The highest BCUT2D eigenvalue weighted by molar-refractivity contribution is 7.89. The van der Waals surface area contributed by atoms with Crippen LogP contribution in [0.1, 0.15) is 27.7 Å². The number of nitrogens with two attached hydrogens (primary N) is 1. The van der Waals surface area contributed by atoms with Crippen molar-refractivity contribution in [3.8, 4) is 5.75 Å². The van der Waals surface area contributed by atoms with E-state index in [1.807, 2.05) is 27.7 Å². The molecule has 0 saturated carbocycles. The van der Waals surface area contributed by atoms with Gasteiger partial charge in [-0.3, -0.25) is 4.98 Å². The summed E-state index contributed by atoms with van der Waals surface area (Å²) in [5, 5.41) is 15.1. The Bertz CT molecular complexity index is 628. The molecule has 0 radical (unpaired) electrons. The van der Waals surface area contributed by atoms with Gasteiger partial charge in [-0.1, -0.05) is 0 Å². The van der Waals surface area contributed by atoms with Crippen molar-refractivity contribution in [2.24, 2.45) is 5.14 Å². The van der Waals surface area contributed by atoms with Crippen molar-refractivity contribution in [3.05, 3.63) is 12.3 Å². The Morgan fingerprint density at radius 1 is 1.25 bits per heavy atom. The first-order chi connectivity index (χ1) is 8.96. The van der Waals surface area contributed by atoms with Crippen molar-refractivity contribution < 1.29 is 22.8 Å². The molecule has 1 aliphatic heterocycles. The number of primary sulfonamides is 1. The third kappa shape index (κ3) is 2.42. The van der Waals surface area contributed by atoms with Crippen LogP contribution in [-0.2, 0) is 19.3 Å². The zero-order valence-electron chi connectivity index (χ0n) is 11.7. The molecule has 0 aliphatic carbocycles. The predicted octanol–water partition coefficient (Wildman–Crippen LogP) is -0.266. The number of aromatic nitrogens is 1. The standard InChI is InChI=1S/C11H17BN2O5S/c1-10(2)11(3,4)19-12(18-10)9-8(15)7(5-6-14-9)20(13,16)17/h5-6,15H,1-4H3,(H2,13,16,17). The molecule has 0 amide bonds. The van der Waals surface area contributed by atoms with E-state index in [4.69, 9.17) is 14.4 Å². The van der Waals surface area contributed by atoms with E-state index in [2.05, 4.69) is 4.98 Å². The van der Waals surface area contributed by atoms with E-state index in [-0.39, 0.29) is 5.59 Å². The molecule has 7 nitrogen and oxygen atoms in total. The van der Waals surface area contributed by atoms with Gasteiger partial charge in [0.2, 0.25) is 10.0 Å². The average molecular weight is 300 g/mol. The van der Waals surface area contributed by atoms with E-state index in [0.717, 1.165) is 6.07 Å². The quantitative estimate of drug-likeness (QED) is 0.727. The van der Waals surface area contributed by atoms with Crippen molar-refractivity contribution in [1.29, 1.82) is 0 Å². The molecule has 1 aromatic rings. The minimum absolute atomic E-state index is 0.00447. The fraction of sp³-hybridized carbons (Fsp3) is 0.545. The third-order valence-electron chi connectivity index (χ3n) is 3.70. The van der Waals surface area contributed by atoms with Gasteiger partial charge < -0.3 is 14.4 Å². The van der Waals surface area contributed by atoms with E-state index in [0.29, 0.717) is 0 Å². The number of aromatic hydroxyl groups is 1. The summed E-state index contributed by atoms with van der Waals surface area (Å²) in [6.07, 6.45) is 1.24. The molecule has 0 atom stereocenters. The van der Waals surface area contributed by atoms with Crippen molar-refractivity contribution in [3.63, 3.8) is 0 Å². The smallest absolute Gasteiger partial charge is 0.505 e. The molecule has 1 aliphatic rings. The van der Waals surface area contributed by atoms with Crippen LogP contribution < -0.4 is 10.7 Å². The summed E-state index contributed by atoms with van der Waals surface area (Å²) in [7, 11) is -5.00. The van der Waals surface area contributed by atoms with Crippen LogP contribution in [0, 0.1) is 0 Å². The van der Waals surface area contributed by atoms with Gasteiger partial charge in [-0.2, -0.15) is 0 Å². The lowest BCUT2D eigenvalue weighted by Crippen LogP contribution is -2.41. The van der Waals surface area contributed by atoms with Gasteiger partial charge in [0, 0.05) is 6.20 Å². The second kappa shape index (κ2) is 4.42. The van der Waals surface area contributed by atoms with Crippen LogP contribution in [0.15, 0.2) is 17.2 Å². The SMILES string of the molecule is CC1(C)OB(c2nccc(S(N)(=O)=O)c2O)OC1(C)C. The normalized spacial score (nSPS) is 21.1. The van der Waals surface area contributed by atoms with Crippen LogP contribution in [-0.4, -0.2) is 36.8 Å². The van der Waals surface area contributed by atoms with Crippen LogP contribution in [0.4, 0.5) is 0 Å². The minimum atomic E-state index is -4.04. The van der Waals surface area contributed by atoms with E-state index < -0.39 is 39.0 Å². The van der Waals surface area contributed by atoms with Crippen LogP contribution in [0.3, 0.4) is 0 Å². The molecule has 0 bridgehead atoms. The number of hydrogen-bond acceptors (Lipinski definition) is 6. The second-order valence-electron chi connectivity index (χ2n) is 5.68. The van der Waals surface area contributed by atoms with Crippen LogP contribution in [0.2, 0.25) is 0 Å². The predicted molar refractivity (Wildman–Crippen MR) is 73.0 cm³/mol. The van der Waals surface area contributed by atoms with Gasteiger partial charge in [-0.15, -0.1) is 0 Å². The third-order valence-corrected chi connectivity index (χ3v) is 4.64. The van der Waals surface area contributed by atoms with Gasteiger partial charge in [0.25, 0.3) is 0 Å². The fourth-order valence-corrected chi connectivity index (χ4v) is 2.43. The molecule has 0 spiro atoms. The molecule has 1 fully saturated rings. The first-order valence-electron chi connectivity index (χ1n) is 6.02. The topological polar surface area (TPSA) is 112 Å². The largest absolute Gasteiger partial charge is 0.518 e. The first kappa shape index (κ1) is 15.2. The maximum Gasteiger partial charge on any atom is 0.518 e. The molecule has 3 N–H and O–H groups in total. The molecule has 110 valence electrons. The number of pyridine rings is 1. The summed E-state index contributed by atoms with van der Waals surface area (Å²) in [5.74, 6) is -0.548. The lowest BCUT2D eigenvalue weighted by molar-refractivity contribution is 0.00578. The van der Waals surface area contributed by atoms with Gasteiger partial charge in [0.1, 0.15) is 10.5 Å². The zero-order valence-corrected chi connectivity index (χ0v) is 12.6. The number of rotatable bonds is 2. The minimum Gasteiger partial charge on any atom is -0.505 e. The molecule has 1 saturated heterocycles. The molecule has 1 aromatic heterocycles. The Hall–Kier alpha value is -1.16. The van der Waals surface area contributed by atoms with E-state index in [1.54, 1.807) is 0 Å². The van der Waals surface area contributed by atoms with Crippen molar-refractivity contribution >= 4 is 22.7 Å². The summed E-state index contributed by atoms with van der Waals surface area (Å²) < 4.78 is 34.2. The molecule has 0 unspecified atom stereocenters. The maximum atomic E-state index is 11.4.